The highest BCUT2D eigenvalue weighted by atomic mass is 32.2. The van der Waals surface area contributed by atoms with E-state index in [9.17, 15) is 0 Å². The number of nitrogens with zero attached hydrogens (tertiary/aromatic N) is 5. The number of nitrogens with one attached hydrogen (secondary N) is 1. The molecule has 0 aromatic carbocycles. The normalized spacial score (nSPS) is 11.1. The molecule has 0 amide bonds. The first-order chi connectivity index (χ1) is 8.63. The topological polar surface area (TPSA) is 60.6 Å². The van der Waals surface area contributed by atoms with E-state index in [1.54, 1.807) is 18.1 Å². The van der Waals surface area contributed by atoms with Gasteiger partial charge in [-0.2, -0.15) is 5.10 Å². The Bertz CT molecular complexity index is 530. The van der Waals surface area contributed by atoms with Crippen molar-refractivity contribution in [3.05, 3.63) is 17.6 Å². The Morgan fingerprint density at radius 1 is 1.39 bits per heavy atom. The van der Waals surface area contributed by atoms with E-state index in [2.05, 4.69) is 27.5 Å². The van der Waals surface area contributed by atoms with Gasteiger partial charge in [-0.25, -0.2) is 0 Å². The summed E-state index contributed by atoms with van der Waals surface area (Å²) in [5, 5.41) is 17.8. The third-order valence-electron chi connectivity index (χ3n) is 2.70. The van der Waals surface area contributed by atoms with E-state index < -0.39 is 0 Å². The second-order valence-electron chi connectivity index (χ2n) is 4.10. The molecule has 2 rings (SSSR count). The number of rotatable bonds is 5. The Hall–Kier alpha value is -1.34. The summed E-state index contributed by atoms with van der Waals surface area (Å²) in [5.41, 5.74) is 2.29. The van der Waals surface area contributed by atoms with E-state index in [0.29, 0.717) is 0 Å². The highest BCUT2D eigenvalue weighted by Gasteiger charge is 2.16. The van der Waals surface area contributed by atoms with E-state index in [0.717, 1.165) is 29.0 Å². The highest BCUT2D eigenvalue weighted by molar-refractivity contribution is 7.99. The van der Waals surface area contributed by atoms with Crippen LogP contribution < -0.4 is 5.32 Å². The molecule has 0 unspecified atom stereocenters. The summed E-state index contributed by atoms with van der Waals surface area (Å²) in [4.78, 5) is 0. The third kappa shape index (κ3) is 2.56. The van der Waals surface area contributed by atoms with Crippen LogP contribution in [-0.4, -0.2) is 31.1 Å². The SMILES string of the molecule is CCNCc1c(C)nn(C)c1Sc1nncn1C. The largest absolute Gasteiger partial charge is 0.313 e. The van der Waals surface area contributed by atoms with Gasteiger partial charge < -0.3 is 9.88 Å². The van der Waals surface area contributed by atoms with Gasteiger partial charge in [-0.1, -0.05) is 6.92 Å². The fourth-order valence-corrected chi connectivity index (χ4v) is 2.68. The van der Waals surface area contributed by atoms with Gasteiger partial charge in [0.05, 0.1) is 5.69 Å². The van der Waals surface area contributed by atoms with Crippen molar-refractivity contribution in [1.82, 2.24) is 29.9 Å². The van der Waals surface area contributed by atoms with Gasteiger partial charge in [-0.3, -0.25) is 4.68 Å². The number of hydrogen-bond donors (Lipinski definition) is 1. The van der Waals surface area contributed by atoms with Crippen molar-refractivity contribution in [2.75, 3.05) is 6.54 Å². The van der Waals surface area contributed by atoms with Crippen LogP contribution in [0.25, 0.3) is 0 Å². The molecule has 0 aliphatic heterocycles. The lowest BCUT2D eigenvalue weighted by Gasteiger charge is -2.06. The van der Waals surface area contributed by atoms with Crippen molar-refractivity contribution in [2.45, 2.75) is 30.6 Å². The van der Waals surface area contributed by atoms with E-state index in [-0.39, 0.29) is 0 Å². The molecule has 2 aromatic rings. The second-order valence-corrected chi connectivity index (χ2v) is 5.06. The Labute approximate surface area is 111 Å². The maximum atomic E-state index is 4.47. The fourth-order valence-electron chi connectivity index (χ4n) is 1.71. The molecule has 18 heavy (non-hydrogen) atoms. The maximum Gasteiger partial charge on any atom is 0.197 e. The molecule has 0 saturated heterocycles. The van der Waals surface area contributed by atoms with Crippen LogP contribution in [-0.2, 0) is 20.6 Å². The molecule has 0 saturated carbocycles. The molecule has 0 fully saturated rings. The molecule has 0 radical (unpaired) electrons. The zero-order chi connectivity index (χ0) is 13.1. The molecule has 0 atom stereocenters. The van der Waals surface area contributed by atoms with Crippen molar-refractivity contribution in [1.29, 1.82) is 0 Å². The lowest BCUT2D eigenvalue weighted by atomic mass is 10.2. The monoisotopic (exact) mass is 266 g/mol. The van der Waals surface area contributed by atoms with Crippen LogP contribution in [0.1, 0.15) is 18.2 Å². The Balaban J connectivity index is 2.28. The molecule has 0 aliphatic carbocycles. The molecular formula is C11H18N6S. The highest BCUT2D eigenvalue weighted by Crippen LogP contribution is 2.29. The van der Waals surface area contributed by atoms with Crippen LogP contribution in [0.15, 0.2) is 16.5 Å². The smallest absolute Gasteiger partial charge is 0.197 e. The van der Waals surface area contributed by atoms with Gasteiger partial charge in [0.1, 0.15) is 11.4 Å². The van der Waals surface area contributed by atoms with E-state index in [1.807, 2.05) is 30.3 Å². The van der Waals surface area contributed by atoms with Crippen molar-refractivity contribution in [3.8, 4) is 0 Å². The fraction of sp³-hybridized carbons (Fsp3) is 0.545. The summed E-state index contributed by atoms with van der Waals surface area (Å²) in [7, 11) is 3.90. The summed E-state index contributed by atoms with van der Waals surface area (Å²) in [6.07, 6.45) is 1.70. The van der Waals surface area contributed by atoms with Crippen LogP contribution >= 0.6 is 11.8 Å². The lowest BCUT2D eigenvalue weighted by molar-refractivity contribution is 0.670. The van der Waals surface area contributed by atoms with Crippen molar-refractivity contribution in [2.24, 2.45) is 14.1 Å². The quantitative estimate of drug-likeness (QED) is 0.878. The molecule has 6 nitrogen and oxygen atoms in total. The van der Waals surface area contributed by atoms with Crippen LogP contribution in [0, 0.1) is 6.92 Å². The van der Waals surface area contributed by atoms with Crippen LogP contribution in [0.2, 0.25) is 0 Å². The predicted molar refractivity (Wildman–Crippen MR) is 70.5 cm³/mol. The van der Waals surface area contributed by atoms with E-state index >= 15 is 0 Å². The van der Waals surface area contributed by atoms with Gasteiger partial charge in [-0.05, 0) is 25.2 Å². The van der Waals surface area contributed by atoms with Gasteiger partial charge in [0.15, 0.2) is 5.16 Å². The molecule has 1 N–H and O–H groups in total. The summed E-state index contributed by atoms with van der Waals surface area (Å²) >= 11 is 1.60. The molecule has 0 aliphatic rings. The number of aromatic nitrogens is 5. The zero-order valence-corrected chi connectivity index (χ0v) is 12.0. The molecule has 98 valence electrons. The molecular weight excluding hydrogens is 248 g/mol. The summed E-state index contributed by atoms with van der Waals surface area (Å²) in [6, 6.07) is 0. The summed E-state index contributed by atoms with van der Waals surface area (Å²) in [5.74, 6) is 0. The van der Waals surface area contributed by atoms with Gasteiger partial charge in [0.25, 0.3) is 0 Å². The van der Waals surface area contributed by atoms with Crippen molar-refractivity contribution < 1.29 is 0 Å². The molecule has 2 heterocycles. The number of aryl methyl sites for hydroxylation is 3. The van der Waals surface area contributed by atoms with Gasteiger partial charge in [-0.15, -0.1) is 10.2 Å². The predicted octanol–water partition coefficient (Wildman–Crippen LogP) is 1.12. The van der Waals surface area contributed by atoms with Gasteiger partial charge >= 0.3 is 0 Å². The van der Waals surface area contributed by atoms with E-state index in [4.69, 9.17) is 0 Å². The minimum atomic E-state index is 0.830. The lowest BCUT2D eigenvalue weighted by Crippen LogP contribution is -2.13. The van der Waals surface area contributed by atoms with Crippen molar-refractivity contribution in [3.63, 3.8) is 0 Å². The summed E-state index contributed by atoms with van der Waals surface area (Å²) in [6.45, 7) is 5.91. The van der Waals surface area contributed by atoms with Crippen LogP contribution in [0.5, 0.6) is 0 Å². The first-order valence-electron chi connectivity index (χ1n) is 5.88. The third-order valence-corrected chi connectivity index (χ3v) is 3.95. The van der Waals surface area contributed by atoms with Crippen molar-refractivity contribution >= 4 is 11.8 Å². The Kier molecular flexibility index (Phi) is 4.03. The average molecular weight is 266 g/mol. The zero-order valence-electron chi connectivity index (χ0n) is 11.1. The first kappa shape index (κ1) is 13.1. The molecule has 0 spiro atoms. The minimum Gasteiger partial charge on any atom is -0.313 e. The molecule has 7 heteroatoms. The van der Waals surface area contributed by atoms with Crippen LogP contribution in [0.4, 0.5) is 0 Å². The summed E-state index contributed by atoms with van der Waals surface area (Å²) < 4.78 is 3.81. The van der Waals surface area contributed by atoms with Gasteiger partial charge in [0.2, 0.25) is 0 Å². The van der Waals surface area contributed by atoms with Gasteiger partial charge in [0, 0.05) is 26.2 Å². The Morgan fingerprint density at radius 2 is 2.17 bits per heavy atom. The first-order valence-corrected chi connectivity index (χ1v) is 6.70. The maximum absolute atomic E-state index is 4.47. The van der Waals surface area contributed by atoms with Crippen LogP contribution in [0.3, 0.4) is 0 Å². The molecule has 2 aromatic heterocycles. The van der Waals surface area contributed by atoms with E-state index in [1.165, 1.54) is 5.56 Å². The Morgan fingerprint density at radius 3 is 2.78 bits per heavy atom. The second kappa shape index (κ2) is 5.53. The average Bonchev–Trinajstić information content (AvgIpc) is 2.84. The number of hydrogen-bond acceptors (Lipinski definition) is 5. The standard InChI is InChI=1S/C11H18N6S/c1-5-12-6-9-8(2)15-17(4)10(9)18-11-14-13-7-16(11)3/h7,12H,5-6H2,1-4H3. The minimum absolute atomic E-state index is 0.830. The molecule has 0 bridgehead atoms.